The minimum absolute atomic E-state index is 0.0229. The molecule has 0 aliphatic carbocycles. The van der Waals surface area contributed by atoms with Crippen LogP contribution in [0.5, 0.6) is 5.75 Å². The van der Waals surface area contributed by atoms with Crippen molar-refractivity contribution < 1.29 is 23.9 Å². The second-order valence-electron chi connectivity index (χ2n) is 6.19. The first kappa shape index (κ1) is 17.0. The van der Waals surface area contributed by atoms with E-state index in [0.717, 1.165) is 0 Å². The summed E-state index contributed by atoms with van der Waals surface area (Å²) >= 11 is 0. The van der Waals surface area contributed by atoms with Gasteiger partial charge in [-0.05, 0) is 13.0 Å². The summed E-state index contributed by atoms with van der Waals surface area (Å²) in [5.74, 6) is -2.65. The van der Waals surface area contributed by atoms with Gasteiger partial charge in [-0.2, -0.15) is 5.10 Å². The van der Waals surface area contributed by atoms with Crippen molar-refractivity contribution in [2.45, 2.75) is 18.4 Å². The maximum atomic E-state index is 13.4. The van der Waals surface area contributed by atoms with Crippen LogP contribution in [0.15, 0.2) is 59.7 Å². The molecule has 2 aliphatic heterocycles. The van der Waals surface area contributed by atoms with Gasteiger partial charge in [-0.1, -0.05) is 48.5 Å². The highest BCUT2D eigenvalue weighted by Gasteiger charge is 2.63. The standard InChI is InChI=1S/C20H16N2O5/c1-2-26-18(24)16-15-13-10-6-7-11-14(13)27-19(25)20(15,22-21-16)17(23)12-8-4-3-5-9-12/h3-11,15,22H,2H2,1H3. The topological polar surface area (TPSA) is 94.1 Å². The Hall–Kier alpha value is -3.48. The highest BCUT2D eigenvalue weighted by Crippen LogP contribution is 2.45. The van der Waals surface area contributed by atoms with Crippen molar-refractivity contribution in [1.29, 1.82) is 0 Å². The van der Waals surface area contributed by atoms with E-state index in [4.69, 9.17) is 9.47 Å². The lowest BCUT2D eigenvalue weighted by atomic mass is 9.71. The number of fused-ring (bicyclic) bond motifs is 3. The summed E-state index contributed by atoms with van der Waals surface area (Å²) in [6.45, 7) is 1.82. The number of esters is 2. The molecular weight excluding hydrogens is 348 g/mol. The molecule has 0 spiro atoms. The largest absolute Gasteiger partial charge is 0.461 e. The number of nitrogens with zero attached hydrogens (tertiary/aromatic N) is 1. The van der Waals surface area contributed by atoms with Gasteiger partial charge in [0.05, 0.1) is 12.5 Å². The van der Waals surface area contributed by atoms with E-state index in [0.29, 0.717) is 16.9 Å². The number of ether oxygens (including phenoxy) is 2. The molecule has 1 N–H and O–H groups in total. The SMILES string of the molecule is CCOC(=O)C1=NNC2(C(=O)c3ccccc3)C(=O)Oc3ccccc3C12. The van der Waals surface area contributed by atoms with E-state index in [1.165, 1.54) is 0 Å². The van der Waals surface area contributed by atoms with Crippen LogP contribution < -0.4 is 10.2 Å². The highest BCUT2D eigenvalue weighted by molar-refractivity contribution is 6.42. The zero-order valence-electron chi connectivity index (χ0n) is 14.5. The highest BCUT2D eigenvalue weighted by atomic mass is 16.5. The number of benzene rings is 2. The Balaban J connectivity index is 1.89. The number of para-hydroxylation sites is 1. The molecule has 2 aromatic carbocycles. The maximum absolute atomic E-state index is 13.4. The van der Waals surface area contributed by atoms with Crippen LogP contribution in [0.3, 0.4) is 0 Å². The molecule has 0 radical (unpaired) electrons. The normalized spacial score (nSPS) is 22.6. The smallest absolute Gasteiger partial charge is 0.355 e. The molecule has 0 fully saturated rings. The van der Waals surface area contributed by atoms with Gasteiger partial charge >= 0.3 is 11.9 Å². The Morgan fingerprint density at radius 1 is 1.15 bits per heavy atom. The average molecular weight is 364 g/mol. The Labute approximate surface area is 155 Å². The third-order valence-electron chi connectivity index (χ3n) is 4.69. The number of Topliss-reactive ketones (excluding diaryl/α,β-unsaturated/α-hetero) is 1. The monoisotopic (exact) mass is 364 g/mol. The van der Waals surface area contributed by atoms with Gasteiger partial charge < -0.3 is 9.47 Å². The molecule has 2 heterocycles. The average Bonchev–Trinajstić information content (AvgIpc) is 3.11. The van der Waals surface area contributed by atoms with Gasteiger partial charge in [-0.15, -0.1) is 0 Å². The first-order valence-corrected chi connectivity index (χ1v) is 8.52. The van der Waals surface area contributed by atoms with E-state index in [-0.39, 0.29) is 12.3 Å². The molecular formula is C20H16N2O5. The van der Waals surface area contributed by atoms with Gasteiger partial charge in [0.15, 0.2) is 5.71 Å². The van der Waals surface area contributed by atoms with Crippen LogP contribution in [0, 0.1) is 0 Å². The fourth-order valence-electron chi connectivity index (χ4n) is 3.48. The summed E-state index contributed by atoms with van der Waals surface area (Å²) in [6.07, 6.45) is 0. The van der Waals surface area contributed by atoms with Gasteiger partial charge in [0.25, 0.3) is 0 Å². The van der Waals surface area contributed by atoms with Gasteiger partial charge in [0.1, 0.15) is 5.75 Å². The molecule has 7 heteroatoms. The van der Waals surface area contributed by atoms with Gasteiger partial charge in [0, 0.05) is 11.1 Å². The first-order valence-electron chi connectivity index (χ1n) is 8.52. The molecule has 0 bridgehead atoms. The van der Waals surface area contributed by atoms with E-state index in [1.54, 1.807) is 61.5 Å². The molecule has 27 heavy (non-hydrogen) atoms. The zero-order chi connectivity index (χ0) is 19.0. The summed E-state index contributed by atoms with van der Waals surface area (Å²) in [6, 6.07) is 15.2. The molecule has 0 amide bonds. The molecule has 7 nitrogen and oxygen atoms in total. The van der Waals surface area contributed by atoms with Crippen LogP contribution in [0.1, 0.15) is 28.8 Å². The van der Waals surface area contributed by atoms with Crippen LogP contribution >= 0.6 is 0 Å². The Kier molecular flexibility index (Phi) is 3.99. The second-order valence-corrected chi connectivity index (χ2v) is 6.19. The lowest BCUT2D eigenvalue weighted by Crippen LogP contribution is -2.62. The van der Waals surface area contributed by atoms with Crippen LogP contribution in [0.4, 0.5) is 0 Å². The summed E-state index contributed by atoms with van der Waals surface area (Å²) in [5.41, 5.74) is 1.58. The van der Waals surface area contributed by atoms with E-state index >= 15 is 0 Å². The Morgan fingerprint density at radius 3 is 2.59 bits per heavy atom. The summed E-state index contributed by atoms with van der Waals surface area (Å²) in [4.78, 5) is 38.8. The fraction of sp³-hybridized carbons (Fsp3) is 0.200. The Bertz CT molecular complexity index is 969. The molecule has 136 valence electrons. The predicted molar refractivity (Wildman–Crippen MR) is 95.5 cm³/mol. The van der Waals surface area contributed by atoms with Crippen molar-refractivity contribution in [3.05, 3.63) is 65.7 Å². The summed E-state index contributed by atoms with van der Waals surface area (Å²) in [7, 11) is 0. The van der Waals surface area contributed by atoms with Crippen molar-refractivity contribution in [2.75, 3.05) is 6.61 Å². The molecule has 2 atom stereocenters. The van der Waals surface area contributed by atoms with E-state index in [9.17, 15) is 14.4 Å². The van der Waals surface area contributed by atoms with Gasteiger partial charge in [0.2, 0.25) is 11.3 Å². The third-order valence-corrected chi connectivity index (χ3v) is 4.69. The minimum Gasteiger partial charge on any atom is -0.461 e. The van der Waals surface area contributed by atoms with Crippen molar-refractivity contribution in [3.63, 3.8) is 0 Å². The molecule has 2 unspecified atom stereocenters. The lowest BCUT2D eigenvalue weighted by molar-refractivity contribution is -0.141. The van der Waals surface area contributed by atoms with Gasteiger partial charge in [-0.3, -0.25) is 10.2 Å². The van der Waals surface area contributed by atoms with Crippen molar-refractivity contribution >= 4 is 23.4 Å². The molecule has 4 rings (SSSR count). The Morgan fingerprint density at radius 2 is 1.85 bits per heavy atom. The number of hydrazone groups is 1. The number of hydrogen-bond acceptors (Lipinski definition) is 7. The summed E-state index contributed by atoms with van der Waals surface area (Å²) < 4.78 is 10.5. The first-order chi connectivity index (χ1) is 13.1. The van der Waals surface area contributed by atoms with Crippen molar-refractivity contribution in [1.82, 2.24) is 5.43 Å². The van der Waals surface area contributed by atoms with Crippen LogP contribution in [0.2, 0.25) is 0 Å². The van der Waals surface area contributed by atoms with E-state index < -0.39 is 29.2 Å². The molecule has 0 saturated heterocycles. The number of hydrogen-bond donors (Lipinski definition) is 1. The van der Waals surface area contributed by atoms with Crippen LogP contribution in [0.25, 0.3) is 0 Å². The quantitative estimate of drug-likeness (QED) is 0.385. The van der Waals surface area contributed by atoms with Crippen LogP contribution in [-0.2, 0) is 14.3 Å². The second kappa shape index (κ2) is 6.35. The number of rotatable bonds is 4. The van der Waals surface area contributed by atoms with Crippen molar-refractivity contribution in [2.24, 2.45) is 5.10 Å². The number of ketones is 1. The van der Waals surface area contributed by atoms with E-state index in [1.807, 2.05) is 0 Å². The summed E-state index contributed by atoms with van der Waals surface area (Å²) in [5, 5.41) is 4.04. The lowest BCUT2D eigenvalue weighted by Gasteiger charge is -2.36. The number of nitrogens with one attached hydrogen (secondary N) is 1. The van der Waals surface area contributed by atoms with Gasteiger partial charge in [-0.25, -0.2) is 9.59 Å². The minimum atomic E-state index is -1.85. The molecule has 0 saturated carbocycles. The molecule has 2 aromatic rings. The van der Waals surface area contributed by atoms with E-state index in [2.05, 4.69) is 10.5 Å². The molecule has 0 aromatic heterocycles. The number of carbonyl (C=O) groups excluding carboxylic acids is 3. The fourth-order valence-corrected chi connectivity index (χ4v) is 3.48. The van der Waals surface area contributed by atoms with Crippen molar-refractivity contribution in [3.8, 4) is 5.75 Å². The van der Waals surface area contributed by atoms with Crippen LogP contribution in [-0.4, -0.2) is 35.6 Å². The maximum Gasteiger partial charge on any atom is 0.355 e. The molecule has 2 aliphatic rings. The predicted octanol–water partition coefficient (Wildman–Crippen LogP) is 1.83. The third kappa shape index (κ3) is 2.43. The zero-order valence-corrected chi connectivity index (χ0v) is 14.5. The number of carbonyl (C=O) groups is 3.